The number of morpholine rings is 1. The number of methoxy groups -OCH3 is 1. The number of ether oxygens (including phenoxy) is 3. The molecule has 0 radical (unpaired) electrons. The number of hydrogen-bond acceptors (Lipinski definition) is 8. The molecule has 11 nitrogen and oxygen atoms in total. The lowest BCUT2D eigenvalue weighted by molar-refractivity contribution is -0.118. The molecule has 1 aromatic heterocycles. The Morgan fingerprint density at radius 3 is 2.24 bits per heavy atom. The van der Waals surface area contributed by atoms with Gasteiger partial charge in [-0.2, -0.15) is 5.10 Å². The number of rotatable bonds is 13. The SMILES string of the molecule is COC(=O)NC(C(=O)Nc1ccccc1CC[C@@H]1CNC[C@@H](COc2ccc(-n3cncn3)cc2)O1)C(c1ccccc1)c1ccccc1. The second-order valence-corrected chi connectivity index (χ2v) is 11.8. The first kappa shape index (κ1) is 33.4. The molecule has 4 aromatic carbocycles. The molecule has 1 saturated heterocycles. The lowest BCUT2D eigenvalue weighted by atomic mass is 9.84. The molecule has 1 fully saturated rings. The minimum atomic E-state index is -0.948. The fraction of sp³-hybridized carbons (Fsp3) is 0.263. The maximum atomic E-state index is 14.1. The predicted molar refractivity (Wildman–Crippen MR) is 186 cm³/mol. The molecular weight excluding hydrogens is 620 g/mol. The molecule has 0 saturated carbocycles. The number of benzene rings is 4. The summed E-state index contributed by atoms with van der Waals surface area (Å²) in [7, 11) is 1.29. The second kappa shape index (κ2) is 16.5. The van der Waals surface area contributed by atoms with Crippen LogP contribution in [0.25, 0.3) is 5.69 Å². The van der Waals surface area contributed by atoms with Crippen molar-refractivity contribution in [3.63, 3.8) is 0 Å². The van der Waals surface area contributed by atoms with E-state index in [2.05, 4.69) is 26.0 Å². The summed E-state index contributed by atoms with van der Waals surface area (Å²) in [5.41, 5.74) is 4.34. The van der Waals surface area contributed by atoms with Gasteiger partial charge in [0.1, 0.15) is 37.2 Å². The van der Waals surface area contributed by atoms with Crippen LogP contribution < -0.4 is 20.7 Å². The van der Waals surface area contributed by atoms with Crippen LogP contribution in [-0.2, 0) is 20.7 Å². The third-order valence-electron chi connectivity index (χ3n) is 8.49. The van der Waals surface area contributed by atoms with Crippen molar-refractivity contribution >= 4 is 17.7 Å². The van der Waals surface area contributed by atoms with Crippen LogP contribution >= 0.6 is 0 Å². The molecule has 1 aliphatic heterocycles. The predicted octanol–water partition coefficient (Wildman–Crippen LogP) is 5.13. The van der Waals surface area contributed by atoms with Crippen LogP contribution in [0.1, 0.15) is 29.0 Å². The van der Waals surface area contributed by atoms with Gasteiger partial charge in [0.2, 0.25) is 5.91 Å². The van der Waals surface area contributed by atoms with Gasteiger partial charge in [0, 0.05) is 24.7 Å². The molecule has 3 atom stereocenters. The van der Waals surface area contributed by atoms with Crippen LogP contribution in [0.3, 0.4) is 0 Å². The molecule has 0 spiro atoms. The van der Waals surface area contributed by atoms with Gasteiger partial charge >= 0.3 is 6.09 Å². The minimum Gasteiger partial charge on any atom is -0.491 e. The number of hydrogen-bond donors (Lipinski definition) is 3. The monoisotopic (exact) mass is 660 g/mol. The highest BCUT2D eigenvalue weighted by atomic mass is 16.5. The van der Waals surface area contributed by atoms with Crippen molar-refractivity contribution in [2.75, 3.05) is 32.1 Å². The maximum absolute atomic E-state index is 14.1. The number of nitrogens with zero attached hydrogens (tertiary/aromatic N) is 3. The van der Waals surface area contributed by atoms with E-state index in [1.807, 2.05) is 109 Å². The van der Waals surface area contributed by atoms with Crippen LogP contribution in [0.2, 0.25) is 0 Å². The van der Waals surface area contributed by atoms with Crippen LogP contribution in [0.5, 0.6) is 5.75 Å². The molecule has 252 valence electrons. The van der Waals surface area contributed by atoms with Gasteiger partial charge < -0.3 is 30.2 Å². The van der Waals surface area contributed by atoms with Gasteiger partial charge in [-0.15, -0.1) is 0 Å². The van der Waals surface area contributed by atoms with E-state index in [0.717, 1.165) is 41.1 Å². The van der Waals surface area contributed by atoms with Crippen molar-refractivity contribution in [1.29, 1.82) is 0 Å². The summed E-state index contributed by atoms with van der Waals surface area (Å²) in [5.74, 6) is -0.0557. The van der Waals surface area contributed by atoms with Gasteiger partial charge in [0.15, 0.2) is 0 Å². The van der Waals surface area contributed by atoms with E-state index in [4.69, 9.17) is 14.2 Å². The van der Waals surface area contributed by atoms with E-state index >= 15 is 0 Å². The molecule has 2 heterocycles. The van der Waals surface area contributed by atoms with Gasteiger partial charge in [0.25, 0.3) is 0 Å². The van der Waals surface area contributed by atoms with Crippen LogP contribution in [0, 0.1) is 0 Å². The summed E-state index contributed by atoms with van der Waals surface area (Å²) in [6.07, 6.45) is 3.74. The fourth-order valence-electron chi connectivity index (χ4n) is 6.04. The molecular formula is C38H40N6O5. The van der Waals surface area contributed by atoms with Crippen molar-refractivity contribution < 1.29 is 23.8 Å². The standard InChI is InChI=1S/C38H40N6O5/c1-47-38(46)43-36(35(28-11-4-2-5-12-28)29-13-6-3-7-14-29)37(45)42-34-15-9-8-10-27(34)16-19-32-22-39-23-33(49-32)24-48-31-20-17-30(18-21-31)44-26-40-25-41-44/h2-15,17-18,20-21,25-26,32-33,35-36,39H,16,19,22-24H2,1H3,(H,42,45)(H,43,46)/t32-,33+,36?/m1/s1. The molecule has 6 rings (SSSR count). The second-order valence-electron chi connectivity index (χ2n) is 11.8. The topological polar surface area (TPSA) is 129 Å². The van der Waals surface area contributed by atoms with Gasteiger partial charge in [-0.05, 0) is 59.9 Å². The number of nitrogens with one attached hydrogen (secondary N) is 3. The van der Waals surface area contributed by atoms with Gasteiger partial charge in [-0.1, -0.05) is 78.9 Å². The first-order chi connectivity index (χ1) is 24.1. The smallest absolute Gasteiger partial charge is 0.407 e. The zero-order valence-corrected chi connectivity index (χ0v) is 27.3. The summed E-state index contributed by atoms with van der Waals surface area (Å²) in [4.78, 5) is 30.6. The summed E-state index contributed by atoms with van der Waals surface area (Å²) < 4.78 is 19.1. The first-order valence-electron chi connectivity index (χ1n) is 16.3. The Bertz CT molecular complexity index is 1730. The Labute approximate surface area is 285 Å². The largest absolute Gasteiger partial charge is 0.491 e. The van der Waals surface area contributed by atoms with Crippen molar-refractivity contribution in [1.82, 2.24) is 25.4 Å². The first-order valence-corrected chi connectivity index (χ1v) is 16.3. The van der Waals surface area contributed by atoms with Crippen molar-refractivity contribution in [3.8, 4) is 11.4 Å². The van der Waals surface area contributed by atoms with E-state index in [0.29, 0.717) is 25.3 Å². The van der Waals surface area contributed by atoms with E-state index in [9.17, 15) is 9.59 Å². The zero-order chi connectivity index (χ0) is 33.8. The molecule has 5 aromatic rings. The Kier molecular flexibility index (Phi) is 11.3. The number of alkyl carbamates (subject to hydrolysis) is 1. The quantitative estimate of drug-likeness (QED) is 0.159. The van der Waals surface area contributed by atoms with E-state index in [1.165, 1.54) is 13.4 Å². The number of aromatic nitrogens is 3. The highest BCUT2D eigenvalue weighted by Crippen LogP contribution is 2.30. The van der Waals surface area contributed by atoms with E-state index in [1.54, 1.807) is 11.0 Å². The van der Waals surface area contributed by atoms with Crippen LogP contribution in [0.4, 0.5) is 10.5 Å². The summed E-state index contributed by atoms with van der Waals surface area (Å²) in [6.45, 7) is 1.83. The minimum absolute atomic E-state index is 0.0323. The number of anilines is 1. The molecule has 0 bridgehead atoms. The summed E-state index contributed by atoms with van der Waals surface area (Å²) >= 11 is 0. The maximum Gasteiger partial charge on any atom is 0.407 e. The number of amides is 2. The zero-order valence-electron chi connectivity index (χ0n) is 27.3. The molecule has 11 heteroatoms. The Morgan fingerprint density at radius 1 is 0.898 bits per heavy atom. The number of para-hydroxylation sites is 1. The average Bonchev–Trinajstić information content (AvgIpc) is 3.70. The molecule has 0 aliphatic carbocycles. The lowest BCUT2D eigenvalue weighted by Gasteiger charge is -2.31. The molecule has 2 amide bonds. The highest BCUT2D eigenvalue weighted by molar-refractivity contribution is 5.98. The van der Waals surface area contributed by atoms with E-state index in [-0.39, 0.29) is 18.1 Å². The third-order valence-corrected chi connectivity index (χ3v) is 8.49. The highest BCUT2D eigenvalue weighted by Gasteiger charge is 2.33. The fourth-order valence-corrected chi connectivity index (χ4v) is 6.04. The average molecular weight is 661 g/mol. The van der Waals surface area contributed by atoms with E-state index < -0.39 is 18.1 Å². The van der Waals surface area contributed by atoms with Crippen molar-refractivity contribution in [3.05, 3.63) is 139 Å². The van der Waals surface area contributed by atoms with Crippen LogP contribution in [0.15, 0.2) is 122 Å². The molecule has 49 heavy (non-hydrogen) atoms. The van der Waals surface area contributed by atoms with Crippen LogP contribution in [-0.4, -0.2) is 71.8 Å². The molecule has 3 N–H and O–H groups in total. The lowest BCUT2D eigenvalue weighted by Crippen LogP contribution is -2.48. The number of carbonyl (C=O) groups excluding carboxylic acids is 2. The number of aryl methyl sites for hydroxylation is 1. The Morgan fingerprint density at radius 2 is 1.57 bits per heavy atom. The van der Waals surface area contributed by atoms with Gasteiger partial charge in [-0.25, -0.2) is 14.5 Å². The molecule has 1 aliphatic rings. The van der Waals surface area contributed by atoms with Crippen molar-refractivity contribution in [2.24, 2.45) is 0 Å². The third kappa shape index (κ3) is 8.89. The summed E-state index contributed by atoms with van der Waals surface area (Å²) in [6, 6.07) is 33.8. The summed E-state index contributed by atoms with van der Waals surface area (Å²) in [5, 5.41) is 13.5. The molecule has 1 unspecified atom stereocenters. The van der Waals surface area contributed by atoms with Gasteiger partial charge in [0.05, 0.1) is 18.9 Å². The van der Waals surface area contributed by atoms with Crippen molar-refractivity contribution in [2.45, 2.75) is 37.0 Å². The Hall–Kier alpha value is -5.52. The number of carbonyl (C=O) groups is 2. The normalized spacial score (nSPS) is 16.4. The Balaban J connectivity index is 1.09. The van der Waals surface area contributed by atoms with Gasteiger partial charge in [-0.3, -0.25) is 4.79 Å².